The van der Waals surface area contributed by atoms with Gasteiger partial charge in [0, 0.05) is 28.7 Å². The quantitative estimate of drug-likeness (QED) is 0.387. The van der Waals surface area contributed by atoms with E-state index in [0.29, 0.717) is 36.5 Å². The highest BCUT2D eigenvalue weighted by molar-refractivity contribution is 5.53. The van der Waals surface area contributed by atoms with E-state index in [1.807, 2.05) is 18.2 Å². The van der Waals surface area contributed by atoms with Crippen LogP contribution < -0.4 is 4.73 Å². The molecule has 1 heterocycles. The van der Waals surface area contributed by atoms with Crippen LogP contribution in [0.1, 0.15) is 68.6 Å². The van der Waals surface area contributed by atoms with E-state index in [-0.39, 0.29) is 16.9 Å². The first-order valence-corrected chi connectivity index (χ1v) is 11.9. The highest BCUT2D eigenvalue weighted by atomic mass is 19.1. The molecule has 6 atom stereocenters. The van der Waals surface area contributed by atoms with Crippen molar-refractivity contribution in [1.82, 2.24) is 0 Å². The summed E-state index contributed by atoms with van der Waals surface area (Å²) in [6.07, 6.45) is 9.14. The van der Waals surface area contributed by atoms with E-state index in [2.05, 4.69) is 18.7 Å². The van der Waals surface area contributed by atoms with Gasteiger partial charge in [-0.05, 0) is 72.5 Å². The monoisotopic (exact) mass is 435 g/mol. The summed E-state index contributed by atoms with van der Waals surface area (Å²) in [6.45, 7) is 11.8. The number of nitrogens with zero attached hydrogens (tertiary/aromatic N) is 2. The van der Waals surface area contributed by atoms with Crippen molar-refractivity contribution >= 4 is 5.69 Å². The van der Waals surface area contributed by atoms with Crippen molar-refractivity contribution in [3.05, 3.63) is 70.6 Å². The predicted molar refractivity (Wildman–Crippen MR) is 119 cm³/mol. The fourth-order valence-corrected chi connectivity index (χ4v) is 7.69. The number of pyridine rings is 1. The molecule has 0 spiro atoms. The van der Waals surface area contributed by atoms with Gasteiger partial charge < -0.3 is 5.11 Å². The Balaban J connectivity index is 1.51. The second-order valence-corrected chi connectivity index (χ2v) is 10.5. The highest BCUT2D eigenvalue weighted by Crippen LogP contribution is 2.67. The molecule has 0 amide bonds. The summed E-state index contributed by atoms with van der Waals surface area (Å²) in [7, 11) is 0. The zero-order valence-electron chi connectivity index (χ0n) is 18.9. The average molecular weight is 436 g/mol. The predicted octanol–water partition coefficient (Wildman–Crippen LogP) is 5.37. The van der Waals surface area contributed by atoms with Crippen molar-refractivity contribution in [2.45, 2.75) is 70.3 Å². The van der Waals surface area contributed by atoms with E-state index in [4.69, 9.17) is 6.57 Å². The maximum absolute atomic E-state index is 15.0. The van der Waals surface area contributed by atoms with E-state index in [9.17, 15) is 10.3 Å². The van der Waals surface area contributed by atoms with Crippen LogP contribution >= 0.6 is 0 Å². The van der Waals surface area contributed by atoms with Crippen molar-refractivity contribution in [3.63, 3.8) is 0 Å². The summed E-state index contributed by atoms with van der Waals surface area (Å²) in [5.41, 5.74) is 2.09. The van der Waals surface area contributed by atoms with E-state index in [1.54, 1.807) is 18.5 Å². The summed E-state index contributed by atoms with van der Waals surface area (Å²) < 4.78 is 16.0. The van der Waals surface area contributed by atoms with Gasteiger partial charge in [-0.2, -0.15) is 0 Å². The van der Waals surface area contributed by atoms with Crippen molar-refractivity contribution in [2.75, 3.05) is 0 Å². The number of benzene rings is 1. The fraction of sp³-hybridized carbons (Fsp3) is 0.556. The third kappa shape index (κ3) is 2.99. The third-order valence-corrected chi connectivity index (χ3v) is 9.29. The summed E-state index contributed by atoms with van der Waals surface area (Å²) in [6, 6.07) is 7.44. The van der Waals surface area contributed by atoms with Gasteiger partial charge in [0.25, 0.3) is 0 Å². The molecular weight excluding hydrogens is 403 g/mol. The average Bonchev–Trinajstić information content (AvgIpc) is 3.05. The van der Waals surface area contributed by atoms with Crippen LogP contribution in [0.15, 0.2) is 36.7 Å². The Bertz CT molecular complexity index is 1080. The molecule has 0 bridgehead atoms. The minimum Gasteiger partial charge on any atom is -0.389 e. The van der Waals surface area contributed by atoms with Crippen LogP contribution in [0.2, 0.25) is 0 Å². The van der Waals surface area contributed by atoms with Gasteiger partial charge in [0.05, 0.1) is 12.2 Å². The second kappa shape index (κ2) is 7.56. The van der Waals surface area contributed by atoms with E-state index >= 15 is 4.39 Å². The van der Waals surface area contributed by atoms with E-state index in [1.165, 1.54) is 0 Å². The fourth-order valence-electron chi connectivity index (χ4n) is 7.69. The molecule has 5 heteroatoms. The number of aromatic nitrogens is 1. The molecule has 0 radical (unpaired) electrons. The Morgan fingerprint density at radius 1 is 1.22 bits per heavy atom. The van der Waals surface area contributed by atoms with Gasteiger partial charge in [0.2, 0.25) is 18.1 Å². The van der Waals surface area contributed by atoms with Crippen molar-refractivity contribution in [2.24, 2.45) is 23.2 Å². The molecule has 3 aliphatic carbocycles. The molecule has 2 N–H and O–H groups in total. The molecule has 5 rings (SSSR count). The Labute approximate surface area is 189 Å². The minimum atomic E-state index is -0.781. The smallest absolute Gasteiger partial charge is 0.222 e. The zero-order chi connectivity index (χ0) is 22.7. The van der Waals surface area contributed by atoms with Gasteiger partial charge in [-0.3, -0.25) is 5.21 Å². The summed E-state index contributed by atoms with van der Waals surface area (Å²) in [4.78, 5) is 3.37. The maximum Gasteiger partial charge on any atom is 0.222 e. The van der Waals surface area contributed by atoms with Crippen molar-refractivity contribution < 1.29 is 19.4 Å². The molecular formula is C27H32FN2O2+. The van der Waals surface area contributed by atoms with Crippen LogP contribution in [0.4, 0.5) is 10.1 Å². The molecule has 1 aromatic heterocycles. The second-order valence-electron chi connectivity index (χ2n) is 10.5. The first kappa shape index (κ1) is 21.4. The maximum atomic E-state index is 15.0. The minimum absolute atomic E-state index is 0.137. The number of aliphatic hydroxyl groups is 1. The van der Waals surface area contributed by atoms with Gasteiger partial charge in [-0.15, -0.1) is 0 Å². The molecule has 32 heavy (non-hydrogen) atoms. The van der Waals surface area contributed by atoms with E-state index < -0.39 is 5.60 Å². The molecule has 3 unspecified atom stereocenters. The molecule has 1 aromatic carbocycles. The molecule has 168 valence electrons. The lowest BCUT2D eigenvalue weighted by Gasteiger charge is -2.56. The number of hydrogen-bond donors (Lipinski definition) is 2. The number of hydrogen-bond acceptors (Lipinski definition) is 2. The number of halogens is 1. The standard InChI is InChI=1S/C27H32FN2O2/c1-4-18-16-26(2)22(9-12-27(26,31)15-17-10-13-30(32)14-11-17)21-6-5-20-19(24(18)21)7-8-23(29-3)25(20)28/h7-8,10-11,13-14,18,21-22,24,31-32H,4-6,9,12,15-16H2,1-2H3/q+1/t18-,21?,22?,24?,26-,27+/m0/s1. The van der Waals surface area contributed by atoms with Gasteiger partial charge in [0.1, 0.15) is 5.82 Å². The molecule has 2 aromatic rings. The lowest BCUT2D eigenvalue weighted by Crippen LogP contribution is -2.54. The number of fused-ring (bicyclic) bond motifs is 5. The van der Waals surface area contributed by atoms with Crippen LogP contribution in [0, 0.1) is 35.6 Å². The highest BCUT2D eigenvalue weighted by Gasteiger charge is 2.63. The lowest BCUT2D eigenvalue weighted by molar-refractivity contribution is -0.904. The summed E-state index contributed by atoms with van der Waals surface area (Å²) in [5, 5.41) is 21.6. The molecule has 2 saturated carbocycles. The van der Waals surface area contributed by atoms with E-state index in [0.717, 1.165) is 53.5 Å². The Hall–Kier alpha value is -2.45. The van der Waals surface area contributed by atoms with Gasteiger partial charge >= 0.3 is 0 Å². The summed E-state index contributed by atoms with van der Waals surface area (Å²) in [5.74, 6) is 1.23. The van der Waals surface area contributed by atoms with Crippen LogP contribution in [-0.2, 0) is 12.8 Å². The Morgan fingerprint density at radius 3 is 2.66 bits per heavy atom. The van der Waals surface area contributed by atoms with Crippen molar-refractivity contribution in [1.29, 1.82) is 0 Å². The molecule has 3 aliphatic rings. The van der Waals surface area contributed by atoms with Crippen LogP contribution in [0.3, 0.4) is 0 Å². The SMILES string of the molecule is [C-]#[N+]c1ccc2c(c1F)CCC1C2[C@@H](CC)C[C@@]2(C)C1CC[C@@]2(O)Cc1cc[n+](O)cc1. The Morgan fingerprint density at radius 2 is 1.97 bits per heavy atom. The molecule has 0 saturated heterocycles. The first-order chi connectivity index (χ1) is 15.3. The van der Waals surface area contributed by atoms with Crippen LogP contribution in [0.25, 0.3) is 4.85 Å². The van der Waals surface area contributed by atoms with Gasteiger partial charge in [-0.25, -0.2) is 9.24 Å². The van der Waals surface area contributed by atoms with Crippen molar-refractivity contribution in [3.8, 4) is 0 Å². The zero-order valence-corrected chi connectivity index (χ0v) is 18.9. The molecule has 4 nitrogen and oxygen atoms in total. The van der Waals surface area contributed by atoms with Crippen LogP contribution in [0.5, 0.6) is 0 Å². The number of rotatable bonds is 3. The van der Waals surface area contributed by atoms with Gasteiger partial charge in [-0.1, -0.05) is 32.4 Å². The largest absolute Gasteiger partial charge is 0.389 e. The Kier molecular flexibility index (Phi) is 5.05. The van der Waals surface area contributed by atoms with Crippen LogP contribution in [-0.4, -0.2) is 15.9 Å². The molecule has 2 fully saturated rings. The molecule has 0 aliphatic heterocycles. The normalized spacial score (nSPS) is 35.5. The topological polar surface area (TPSA) is 48.7 Å². The lowest BCUT2D eigenvalue weighted by atomic mass is 9.49. The summed E-state index contributed by atoms with van der Waals surface area (Å²) >= 11 is 0. The first-order valence-electron chi connectivity index (χ1n) is 11.9. The third-order valence-electron chi connectivity index (χ3n) is 9.29. The van der Waals surface area contributed by atoms with Gasteiger partial charge in [0.15, 0.2) is 0 Å².